The Bertz CT molecular complexity index is 765. The molecule has 20 heavy (non-hydrogen) atoms. The van der Waals surface area contributed by atoms with Gasteiger partial charge in [-0.05, 0) is 34.9 Å². The monoisotopic (exact) mass is 259 g/mol. The summed E-state index contributed by atoms with van der Waals surface area (Å²) < 4.78 is 5.78. The van der Waals surface area contributed by atoms with Crippen LogP contribution in [0.5, 0.6) is 5.75 Å². The highest BCUT2D eigenvalue weighted by Crippen LogP contribution is 2.37. The van der Waals surface area contributed by atoms with E-state index >= 15 is 0 Å². The number of aromatic nitrogens is 1. The Morgan fingerprint density at radius 2 is 1.75 bits per heavy atom. The number of pyridine rings is 1. The molecule has 2 aromatic carbocycles. The largest absolute Gasteiger partial charge is 0.487 e. The van der Waals surface area contributed by atoms with Gasteiger partial charge in [0, 0.05) is 11.8 Å². The van der Waals surface area contributed by atoms with Crippen LogP contribution in [0, 0.1) is 0 Å². The maximum Gasteiger partial charge on any atom is 0.146 e. The Balaban J connectivity index is 1.85. The number of hydrogen-bond acceptors (Lipinski definition) is 2. The third kappa shape index (κ3) is 1.77. The summed E-state index contributed by atoms with van der Waals surface area (Å²) in [5.74, 6) is 0.868. The van der Waals surface area contributed by atoms with E-state index in [4.69, 9.17) is 4.74 Å². The van der Waals surface area contributed by atoms with Crippen molar-refractivity contribution in [3.63, 3.8) is 0 Å². The summed E-state index contributed by atoms with van der Waals surface area (Å²) in [6.07, 6.45) is 1.81. The summed E-state index contributed by atoms with van der Waals surface area (Å²) in [5.41, 5.74) is 5.74. The SMILES string of the molecule is c1ccc(-c2ccc3c(c2)COc2cccnc2-3)cc1. The predicted molar refractivity (Wildman–Crippen MR) is 79.4 cm³/mol. The van der Waals surface area contributed by atoms with Crippen LogP contribution >= 0.6 is 0 Å². The second kappa shape index (κ2) is 4.49. The van der Waals surface area contributed by atoms with E-state index in [1.54, 1.807) is 0 Å². The van der Waals surface area contributed by atoms with Crippen LogP contribution in [0.15, 0.2) is 66.9 Å². The lowest BCUT2D eigenvalue weighted by molar-refractivity contribution is 0.301. The molecule has 0 spiro atoms. The van der Waals surface area contributed by atoms with Gasteiger partial charge in [0.15, 0.2) is 0 Å². The zero-order chi connectivity index (χ0) is 13.4. The van der Waals surface area contributed by atoms with Gasteiger partial charge in [-0.3, -0.25) is 4.98 Å². The van der Waals surface area contributed by atoms with Gasteiger partial charge in [-0.2, -0.15) is 0 Å². The number of ether oxygens (including phenoxy) is 1. The van der Waals surface area contributed by atoms with E-state index in [-0.39, 0.29) is 0 Å². The molecule has 0 amide bonds. The Morgan fingerprint density at radius 1 is 0.850 bits per heavy atom. The Hall–Kier alpha value is -2.61. The fraction of sp³-hybridized carbons (Fsp3) is 0.0556. The molecule has 1 aliphatic heterocycles. The van der Waals surface area contributed by atoms with Crippen molar-refractivity contribution >= 4 is 0 Å². The van der Waals surface area contributed by atoms with Crippen LogP contribution < -0.4 is 4.74 Å². The molecule has 2 nitrogen and oxygen atoms in total. The third-order valence-electron chi connectivity index (χ3n) is 3.62. The van der Waals surface area contributed by atoms with Gasteiger partial charge in [0.1, 0.15) is 18.1 Å². The molecule has 0 saturated carbocycles. The van der Waals surface area contributed by atoms with Gasteiger partial charge < -0.3 is 4.74 Å². The minimum Gasteiger partial charge on any atom is -0.487 e. The molecule has 0 radical (unpaired) electrons. The van der Waals surface area contributed by atoms with Crippen molar-refractivity contribution in [2.75, 3.05) is 0 Å². The number of nitrogens with zero attached hydrogens (tertiary/aromatic N) is 1. The molecule has 0 saturated heterocycles. The van der Waals surface area contributed by atoms with Gasteiger partial charge in [0.2, 0.25) is 0 Å². The minimum absolute atomic E-state index is 0.606. The lowest BCUT2D eigenvalue weighted by Gasteiger charge is -2.20. The van der Waals surface area contributed by atoms with Crippen LogP contribution in [0.3, 0.4) is 0 Å². The van der Waals surface area contributed by atoms with Crippen molar-refractivity contribution in [1.82, 2.24) is 4.98 Å². The molecule has 0 aliphatic carbocycles. The fourth-order valence-electron chi connectivity index (χ4n) is 2.62. The minimum atomic E-state index is 0.606. The molecule has 3 aromatic rings. The topological polar surface area (TPSA) is 22.1 Å². The van der Waals surface area contributed by atoms with Gasteiger partial charge in [0.25, 0.3) is 0 Å². The van der Waals surface area contributed by atoms with Crippen LogP contribution in [0.4, 0.5) is 0 Å². The molecule has 1 aliphatic rings. The second-order valence-electron chi connectivity index (χ2n) is 4.88. The molecule has 0 unspecified atom stereocenters. The van der Waals surface area contributed by atoms with E-state index in [0.717, 1.165) is 11.4 Å². The van der Waals surface area contributed by atoms with Gasteiger partial charge in [-0.25, -0.2) is 0 Å². The van der Waals surface area contributed by atoms with Gasteiger partial charge in [0.05, 0.1) is 0 Å². The number of hydrogen-bond donors (Lipinski definition) is 0. The summed E-state index contributed by atoms with van der Waals surface area (Å²) in [6, 6.07) is 20.8. The van der Waals surface area contributed by atoms with Gasteiger partial charge in [-0.15, -0.1) is 0 Å². The molecule has 2 heterocycles. The standard InChI is InChI=1S/C18H13NO/c1-2-5-13(6-3-1)14-8-9-16-15(11-14)12-20-17-7-4-10-19-18(16)17/h1-11H,12H2. The van der Waals surface area contributed by atoms with Crippen LogP contribution in [0.25, 0.3) is 22.4 Å². The average molecular weight is 259 g/mol. The van der Waals surface area contributed by atoms with Crippen LogP contribution in [-0.2, 0) is 6.61 Å². The smallest absolute Gasteiger partial charge is 0.146 e. The summed E-state index contributed by atoms with van der Waals surface area (Å²) >= 11 is 0. The molecule has 0 bridgehead atoms. The van der Waals surface area contributed by atoms with E-state index < -0.39 is 0 Å². The van der Waals surface area contributed by atoms with E-state index in [2.05, 4.69) is 47.4 Å². The molecule has 1 aromatic heterocycles. The maximum atomic E-state index is 5.78. The van der Waals surface area contributed by atoms with Crippen molar-refractivity contribution in [2.24, 2.45) is 0 Å². The highest BCUT2D eigenvalue weighted by atomic mass is 16.5. The normalized spacial score (nSPS) is 12.2. The first kappa shape index (κ1) is 11.2. The molecule has 2 heteroatoms. The highest BCUT2D eigenvalue weighted by molar-refractivity contribution is 5.75. The molecule has 0 N–H and O–H groups in total. The average Bonchev–Trinajstić information content (AvgIpc) is 2.55. The quantitative estimate of drug-likeness (QED) is 0.649. The second-order valence-corrected chi connectivity index (χ2v) is 4.88. The fourth-order valence-corrected chi connectivity index (χ4v) is 2.62. The summed E-state index contributed by atoms with van der Waals surface area (Å²) in [7, 11) is 0. The predicted octanol–water partition coefficient (Wildman–Crippen LogP) is 4.31. The van der Waals surface area contributed by atoms with Crippen LogP contribution in [-0.4, -0.2) is 4.98 Å². The van der Waals surface area contributed by atoms with Crippen molar-refractivity contribution in [2.45, 2.75) is 6.61 Å². The van der Waals surface area contributed by atoms with E-state index in [1.165, 1.54) is 22.3 Å². The molecule has 0 fully saturated rings. The molecule has 0 atom stereocenters. The van der Waals surface area contributed by atoms with Gasteiger partial charge >= 0.3 is 0 Å². The number of rotatable bonds is 1. The highest BCUT2D eigenvalue weighted by Gasteiger charge is 2.18. The first-order valence-corrected chi connectivity index (χ1v) is 6.68. The summed E-state index contributed by atoms with van der Waals surface area (Å²) in [6.45, 7) is 0.606. The van der Waals surface area contributed by atoms with Crippen molar-refractivity contribution in [3.05, 3.63) is 72.4 Å². The van der Waals surface area contributed by atoms with E-state index in [1.807, 2.05) is 24.4 Å². The van der Waals surface area contributed by atoms with E-state index in [9.17, 15) is 0 Å². The molecule has 96 valence electrons. The first-order valence-electron chi connectivity index (χ1n) is 6.68. The lowest BCUT2D eigenvalue weighted by atomic mass is 9.96. The zero-order valence-electron chi connectivity index (χ0n) is 10.9. The molecular formula is C18H13NO. The van der Waals surface area contributed by atoms with Gasteiger partial charge in [-0.1, -0.05) is 42.5 Å². The number of benzene rings is 2. The Morgan fingerprint density at radius 3 is 2.65 bits per heavy atom. The third-order valence-corrected chi connectivity index (χ3v) is 3.62. The molecular weight excluding hydrogens is 246 g/mol. The summed E-state index contributed by atoms with van der Waals surface area (Å²) in [5, 5.41) is 0. The van der Waals surface area contributed by atoms with Crippen molar-refractivity contribution < 1.29 is 4.74 Å². The van der Waals surface area contributed by atoms with E-state index in [0.29, 0.717) is 6.61 Å². The summed E-state index contributed by atoms with van der Waals surface area (Å²) in [4.78, 5) is 4.44. The lowest BCUT2D eigenvalue weighted by Crippen LogP contribution is -2.06. The number of fused-ring (bicyclic) bond motifs is 3. The first-order chi connectivity index (χ1) is 9.92. The van der Waals surface area contributed by atoms with Crippen LogP contribution in [0.1, 0.15) is 5.56 Å². The zero-order valence-corrected chi connectivity index (χ0v) is 10.9. The van der Waals surface area contributed by atoms with Crippen molar-refractivity contribution in [1.29, 1.82) is 0 Å². The molecule has 4 rings (SSSR count). The van der Waals surface area contributed by atoms with Crippen molar-refractivity contribution in [3.8, 4) is 28.1 Å². The van der Waals surface area contributed by atoms with Crippen LogP contribution in [0.2, 0.25) is 0 Å². The Labute approximate surface area is 117 Å². The Kier molecular flexibility index (Phi) is 2.52. The maximum absolute atomic E-state index is 5.78.